The molecule has 0 aliphatic carbocycles. The van der Waals surface area contributed by atoms with E-state index in [9.17, 15) is 13.6 Å². The summed E-state index contributed by atoms with van der Waals surface area (Å²) in [6.45, 7) is 0. The van der Waals surface area contributed by atoms with E-state index in [4.69, 9.17) is 0 Å². The minimum Gasteiger partial charge on any atom is -0.293 e. The quantitative estimate of drug-likeness (QED) is 0.321. The summed E-state index contributed by atoms with van der Waals surface area (Å²) in [6.07, 6.45) is 0. The molecule has 1 aromatic carbocycles. The fraction of sp³-hybridized carbons (Fsp3) is 0.125. The lowest BCUT2D eigenvalue weighted by molar-refractivity contribution is 0.101. The van der Waals surface area contributed by atoms with Crippen LogP contribution in [0.3, 0.4) is 0 Å². The Hall–Kier alpha value is 0.190. The van der Waals surface area contributed by atoms with Crippen LogP contribution >= 0.6 is 47.8 Å². The Morgan fingerprint density at radius 3 is 2.36 bits per heavy atom. The van der Waals surface area contributed by atoms with E-state index in [1.165, 1.54) is 6.07 Å². The average molecular weight is 393 g/mol. The first kappa shape index (κ1) is 12.3. The molecule has 0 unspecified atom stereocenters. The zero-order chi connectivity index (χ0) is 10.9. The maximum Gasteiger partial charge on any atom is 0.176 e. The number of ketones is 1. The summed E-state index contributed by atoms with van der Waals surface area (Å²) in [7, 11) is 0. The lowest BCUT2D eigenvalue weighted by Crippen LogP contribution is -2.06. The van der Waals surface area contributed by atoms with Crippen molar-refractivity contribution in [3.63, 3.8) is 0 Å². The van der Waals surface area contributed by atoms with Crippen LogP contribution in [0.2, 0.25) is 0 Å². The fourth-order valence-corrected chi connectivity index (χ4v) is 1.84. The van der Waals surface area contributed by atoms with Crippen molar-refractivity contribution in [1.29, 1.82) is 0 Å². The van der Waals surface area contributed by atoms with Crippen molar-refractivity contribution in [3.8, 4) is 0 Å². The van der Waals surface area contributed by atoms with Crippen LogP contribution in [0.25, 0.3) is 0 Å². The molecule has 0 N–H and O–H groups in total. The highest BCUT2D eigenvalue weighted by Crippen LogP contribution is 2.30. The van der Waals surface area contributed by atoms with Gasteiger partial charge in [0.2, 0.25) is 0 Å². The topological polar surface area (TPSA) is 17.1 Å². The molecule has 0 saturated heterocycles. The molecule has 0 bridgehead atoms. The van der Waals surface area contributed by atoms with Crippen molar-refractivity contribution >= 4 is 53.6 Å². The Labute approximate surface area is 104 Å². The van der Waals surface area contributed by atoms with Gasteiger partial charge in [0.15, 0.2) is 17.4 Å². The minimum absolute atomic E-state index is 0.0267. The van der Waals surface area contributed by atoms with Crippen molar-refractivity contribution in [2.75, 3.05) is 5.33 Å². The zero-order valence-corrected chi connectivity index (χ0v) is 11.3. The van der Waals surface area contributed by atoms with E-state index in [1.54, 1.807) is 0 Å². The third-order valence-corrected chi connectivity index (χ3v) is 3.97. The van der Waals surface area contributed by atoms with E-state index in [2.05, 4.69) is 47.8 Å². The Balaban J connectivity index is 3.40. The van der Waals surface area contributed by atoms with Gasteiger partial charge in [0.1, 0.15) is 0 Å². The van der Waals surface area contributed by atoms with Gasteiger partial charge >= 0.3 is 0 Å². The number of alkyl halides is 1. The van der Waals surface area contributed by atoms with Gasteiger partial charge < -0.3 is 0 Å². The summed E-state index contributed by atoms with van der Waals surface area (Å²) in [5, 5.41) is -0.0442. The van der Waals surface area contributed by atoms with Gasteiger partial charge in [-0.05, 0) is 37.9 Å². The molecule has 0 aliphatic rings. The Kier molecular flexibility index (Phi) is 4.21. The second kappa shape index (κ2) is 4.81. The van der Waals surface area contributed by atoms with E-state index >= 15 is 0 Å². The molecule has 0 aromatic heterocycles. The Morgan fingerprint density at radius 1 is 1.29 bits per heavy atom. The summed E-state index contributed by atoms with van der Waals surface area (Å²) in [6, 6.07) is 1.24. The molecule has 0 radical (unpaired) electrons. The summed E-state index contributed by atoms with van der Waals surface area (Å²) in [5.41, 5.74) is -0.269. The van der Waals surface area contributed by atoms with Crippen LogP contribution in [0.15, 0.2) is 15.0 Å². The maximum atomic E-state index is 13.2. The Morgan fingerprint density at radius 2 is 1.86 bits per heavy atom. The van der Waals surface area contributed by atoms with Gasteiger partial charge in [-0.2, -0.15) is 0 Å². The second-order valence-electron chi connectivity index (χ2n) is 2.40. The van der Waals surface area contributed by atoms with Crippen molar-refractivity contribution in [1.82, 2.24) is 0 Å². The normalized spacial score (nSPS) is 10.4. The minimum atomic E-state index is -1.13. The number of Topliss-reactive ketones (excluding diaryl/α,β-unsaturated/α-hetero) is 1. The van der Waals surface area contributed by atoms with E-state index in [1.807, 2.05) is 0 Å². The van der Waals surface area contributed by atoms with Crippen LogP contribution in [0.5, 0.6) is 0 Å². The second-order valence-corrected chi connectivity index (χ2v) is 4.61. The monoisotopic (exact) mass is 390 g/mol. The predicted molar refractivity (Wildman–Crippen MR) is 59.9 cm³/mol. The largest absolute Gasteiger partial charge is 0.293 e. The van der Waals surface area contributed by atoms with Gasteiger partial charge in [-0.3, -0.25) is 4.79 Å². The van der Waals surface area contributed by atoms with Crippen LogP contribution in [0, 0.1) is 11.6 Å². The molecular weight excluding hydrogens is 390 g/mol. The van der Waals surface area contributed by atoms with Crippen molar-refractivity contribution in [2.45, 2.75) is 0 Å². The van der Waals surface area contributed by atoms with Crippen molar-refractivity contribution < 1.29 is 13.6 Å². The van der Waals surface area contributed by atoms with Crippen LogP contribution < -0.4 is 0 Å². The smallest absolute Gasteiger partial charge is 0.176 e. The Bertz CT molecular complexity index is 393. The molecule has 0 amide bonds. The summed E-state index contributed by atoms with van der Waals surface area (Å²) >= 11 is 8.75. The summed E-state index contributed by atoms with van der Waals surface area (Å²) < 4.78 is 26.6. The number of hydrogen-bond acceptors (Lipinski definition) is 1. The van der Waals surface area contributed by atoms with Crippen LogP contribution in [-0.2, 0) is 0 Å². The maximum absolute atomic E-state index is 13.2. The van der Waals surface area contributed by atoms with E-state index in [0.717, 1.165) is 0 Å². The molecule has 1 nitrogen and oxygen atoms in total. The molecule has 0 spiro atoms. The van der Waals surface area contributed by atoms with Gasteiger partial charge in [0.25, 0.3) is 0 Å². The standard InChI is InChI=1S/C8H3Br3F2O/c9-2-5(14)3-1-4(10)6(11)8(13)7(3)12/h1H,2H2. The highest BCUT2D eigenvalue weighted by atomic mass is 79.9. The molecule has 0 heterocycles. The number of hydrogen-bond donors (Lipinski definition) is 0. The molecular formula is C8H3Br3F2O. The van der Waals surface area contributed by atoms with E-state index in [-0.39, 0.29) is 15.4 Å². The fourth-order valence-electron chi connectivity index (χ4n) is 0.848. The highest BCUT2D eigenvalue weighted by molar-refractivity contribution is 9.13. The van der Waals surface area contributed by atoms with E-state index < -0.39 is 17.4 Å². The van der Waals surface area contributed by atoms with Crippen molar-refractivity contribution in [2.24, 2.45) is 0 Å². The van der Waals surface area contributed by atoms with Gasteiger partial charge in [0, 0.05) is 4.47 Å². The zero-order valence-electron chi connectivity index (χ0n) is 6.58. The van der Waals surface area contributed by atoms with Gasteiger partial charge in [0.05, 0.1) is 15.4 Å². The highest BCUT2D eigenvalue weighted by Gasteiger charge is 2.19. The lowest BCUT2D eigenvalue weighted by atomic mass is 10.1. The molecule has 0 aliphatic heterocycles. The predicted octanol–water partition coefficient (Wildman–Crippen LogP) is 4.07. The molecule has 0 fully saturated rings. The summed E-state index contributed by atoms with van der Waals surface area (Å²) in [4.78, 5) is 11.2. The van der Waals surface area contributed by atoms with Gasteiger partial charge in [-0.15, -0.1) is 0 Å². The first-order valence-corrected chi connectivity index (χ1v) is 6.12. The molecule has 14 heavy (non-hydrogen) atoms. The number of carbonyl (C=O) groups excluding carboxylic acids is 1. The first-order chi connectivity index (χ1) is 6.49. The molecule has 6 heteroatoms. The molecule has 0 saturated carbocycles. The average Bonchev–Trinajstić information content (AvgIpc) is 2.19. The van der Waals surface area contributed by atoms with Crippen LogP contribution in [-0.4, -0.2) is 11.1 Å². The summed E-state index contributed by atoms with van der Waals surface area (Å²) in [5.74, 6) is -2.71. The number of rotatable bonds is 2. The third kappa shape index (κ3) is 2.23. The number of benzene rings is 1. The molecule has 1 rings (SSSR count). The first-order valence-electron chi connectivity index (χ1n) is 3.41. The van der Waals surface area contributed by atoms with Gasteiger partial charge in [-0.1, -0.05) is 15.9 Å². The van der Waals surface area contributed by atoms with Crippen LogP contribution in [0.4, 0.5) is 8.78 Å². The van der Waals surface area contributed by atoms with Crippen LogP contribution in [0.1, 0.15) is 10.4 Å². The number of carbonyl (C=O) groups is 1. The van der Waals surface area contributed by atoms with Crippen molar-refractivity contribution in [3.05, 3.63) is 32.2 Å². The SMILES string of the molecule is O=C(CBr)c1cc(Br)c(Br)c(F)c1F. The molecule has 76 valence electrons. The number of halogens is 5. The molecule has 0 atom stereocenters. The third-order valence-electron chi connectivity index (χ3n) is 1.52. The van der Waals surface area contributed by atoms with Gasteiger partial charge in [-0.25, -0.2) is 8.78 Å². The van der Waals surface area contributed by atoms with E-state index in [0.29, 0.717) is 4.47 Å². The molecule has 1 aromatic rings. The lowest BCUT2D eigenvalue weighted by Gasteiger charge is -2.04.